The first-order chi connectivity index (χ1) is 11.8. The summed E-state index contributed by atoms with van der Waals surface area (Å²) >= 11 is 0. The molecule has 0 fully saturated rings. The van der Waals surface area contributed by atoms with Crippen molar-refractivity contribution in [2.75, 3.05) is 7.11 Å². The Kier molecular flexibility index (Phi) is 5.62. The number of hydrogen-bond acceptors (Lipinski definition) is 5. The third-order valence-electron chi connectivity index (χ3n) is 3.87. The normalized spacial score (nSPS) is 18.2. The molecule has 0 aromatic heterocycles. The van der Waals surface area contributed by atoms with Gasteiger partial charge in [-0.05, 0) is 38.5 Å². The number of ether oxygens (including phenoxy) is 2. The van der Waals surface area contributed by atoms with Crippen LogP contribution >= 0.6 is 0 Å². The third-order valence-corrected chi connectivity index (χ3v) is 3.87. The van der Waals surface area contributed by atoms with Crippen molar-refractivity contribution in [3.8, 4) is 5.75 Å². The molecule has 1 aromatic rings. The average molecular weight is 345 g/mol. The minimum Gasteiger partial charge on any atom is -0.497 e. The van der Waals surface area contributed by atoms with Crippen LogP contribution in [-0.2, 0) is 14.3 Å². The van der Waals surface area contributed by atoms with E-state index in [1.807, 2.05) is 12.1 Å². The van der Waals surface area contributed by atoms with Crippen molar-refractivity contribution >= 4 is 18.3 Å². The van der Waals surface area contributed by atoms with Crippen LogP contribution < -0.4 is 4.74 Å². The van der Waals surface area contributed by atoms with E-state index in [2.05, 4.69) is 0 Å². The summed E-state index contributed by atoms with van der Waals surface area (Å²) in [6.45, 7) is 5.21. The fourth-order valence-corrected chi connectivity index (χ4v) is 2.76. The number of hydrogen-bond donors (Lipinski definition) is 0. The maximum Gasteiger partial charge on any atom is 0.417 e. The summed E-state index contributed by atoms with van der Waals surface area (Å²) in [5.74, 6) is -0.0991. The van der Waals surface area contributed by atoms with Gasteiger partial charge >= 0.3 is 6.09 Å². The molecule has 0 saturated heterocycles. The lowest BCUT2D eigenvalue weighted by Crippen LogP contribution is -2.45. The number of aldehydes is 1. The Morgan fingerprint density at radius 1 is 1.28 bits per heavy atom. The van der Waals surface area contributed by atoms with Crippen LogP contribution in [-0.4, -0.2) is 41.9 Å². The van der Waals surface area contributed by atoms with Crippen molar-refractivity contribution in [2.45, 2.75) is 44.8 Å². The maximum atomic E-state index is 12.5. The van der Waals surface area contributed by atoms with Crippen LogP contribution in [0.25, 0.3) is 0 Å². The molecule has 0 aliphatic carbocycles. The first-order valence-corrected chi connectivity index (χ1v) is 8.09. The Labute approximate surface area is 147 Å². The number of amides is 2. The Balaban J connectivity index is 2.31. The Hall–Kier alpha value is -2.63. The lowest BCUT2D eigenvalue weighted by Gasteiger charge is -2.31. The fraction of sp³-hybridized carbons (Fsp3) is 0.421. The zero-order chi connectivity index (χ0) is 18.6. The van der Waals surface area contributed by atoms with Gasteiger partial charge < -0.3 is 14.3 Å². The molecule has 25 heavy (non-hydrogen) atoms. The fourth-order valence-electron chi connectivity index (χ4n) is 2.76. The second-order valence-electron chi connectivity index (χ2n) is 6.82. The summed E-state index contributed by atoms with van der Waals surface area (Å²) in [7, 11) is 1.57. The van der Waals surface area contributed by atoms with Gasteiger partial charge in [-0.1, -0.05) is 18.2 Å². The standard InChI is InChI=1S/C19H23NO5/c1-19(2,3)25-18(23)20-16(9-10-17(20)22)15(11-12-21)13-5-7-14(24-4)8-6-13/h5-10,12,15-16H,11H2,1-4H3/t15-,16+/m0/s1. The van der Waals surface area contributed by atoms with Crippen LogP contribution in [0.5, 0.6) is 5.75 Å². The minimum atomic E-state index is -0.717. The van der Waals surface area contributed by atoms with Crippen molar-refractivity contribution in [1.29, 1.82) is 0 Å². The van der Waals surface area contributed by atoms with Gasteiger partial charge in [0.25, 0.3) is 5.91 Å². The predicted octanol–water partition coefficient (Wildman–Crippen LogP) is 3.07. The van der Waals surface area contributed by atoms with E-state index in [0.29, 0.717) is 5.75 Å². The molecule has 1 aromatic carbocycles. The molecule has 2 rings (SSSR count). The quantitative estimate of drug-likeness (QED) is 0.767. The second kappa shape index (κ2) is 7.51. The van der Waals surface area contributed by atoms with Crippen molar-refractivity contribution in [2.24, 2.45) is 0 Å². The highest BCUT2D eigenvalue weighted by Crippen LogP contribution is 2.32. The van der Waals surface area contributed by atoms with Gasteiger partial charge in [-0.15, -0.1) is 0 Å². The van der Waals surface area contributed by atoms with Gasteiger partial charge in [0.15, 0.2) is 0 Å². The SMILES string of the molecule is COc1ccc([C@H](CC=O)[C@H]2C=CC(=O)N2C(=O)OC(C)(C)C)cc1. The molecule has 6 nitrogen and oxygen atoms in total. The summed E-state index contributed by atoms with van der Waals surface area (Å²) in [6, 6.07) is 6.66. The van der Waals surface area contributed by atoms with Gasteiger partial charge in [0.2, 0.25) is 0 Å². The topological polar surface area (TPSA) is 72.9 Å². The minimum absolute atomic E-state index is 0.175. The van der Waals surface area contributed by atoms with E-state index in [1.165, 1.54) is 6.08 Å². The highest BCUT2D eigenvalue weighted by Gasteiger charge is 2.39. The molecule has 0 bridgehead atoms. The number of rotatable bonds is 5. The van der Waals surface area contributed by atoms with Gasteiger partial charge in [0.05, 0.1) is 13.2 Å². The number of carbonyl (C=O) groups is 3. The van der Waals surface area contributed by atoms with E-state index in [0.717, 1.165) is 16.7 Å². The van der Waals surface area contributed by atoms with E-state index in [4.69, 9.17) is 9.47 Å². The molecule has 0 spiro atoms. The van der Waals surface area contributed by atoms with Crippen molar-refractivity contribution in [1.82, 2.24) is 4.90 Å². The number of nitrogens with zero attached hydrogens (tertiary/aromatic N) is 1. The molecule has 134 valence electrons. The molecule has 1 heterocycles. The van der Waals surface area contributed by atoms with E-state index >= 15 is 0 Å². The molecular weight excluding hydrogens is 322 g/mol. The summed E-state index contributed by atoms with van der Waals surface area (Å²) in [5, 5.41) is 0. The van der Waals surface area contributed by atoms with Crippen LogP contribution in [0.15, 0.2) is 36.4 Å². The summed E-state index contributed by atoms with van der Waals surface area (Å²) in [4.78, 5) is 36.9. The zero-order valence-corrected chi connectivity index (χ0v) is 14.9. The smallest absolute Gasteiger partial charge is 0.417 e. The Morgan fingerprint density at radius 3 is 2.44 bits per heavy atom. The van der Waals surface area contributed by atoms with Crippen molar-refractivity contribution < 1.29 is 23.9 Å². The summed E-state index contributed by atoms with van der Waals surface area (Å²) in [5.41, 5.74) is 0.121. The second-order valence-corrected chi connectivity index (χ2v) is 6.82. The Morgan fingerprint density at radius 2 is 1.92 bits per heavy atom. The van der Waals surface area contributed by atoms with Crippen LogP contribution in [0.4, 0.5) is 4.79 Å². The molecule has 1 aliphatic rings. The van der Waals surface area contributed by atoms with Crippen LogP contribution in [0, 0.1) is 0 Å². The largest absolute Gasteiger partial charge is 0.497 e. The first kappa shape index (κ1) is 18.7. The molecule has 6 heteroatoms. The van der Waals surface area contributed by atoms with E-state index in [9.17, 15) is 14.4 Å². The summed E-state index contributed by atoms with van der Waals surface area (Å²) < 4.78 is 10.5. The lowest BCUT2D eigenvalue weighted by molar-refractivity contribution is -0.126. The highest BCUT2D eigenvalue weighted by molar-refractivity contribution is 6.01. The summed E-state index contributed by atoms with van der Waals surface area (Å²) in [6.07, 6.45) is 3.24. The van der Waals surface area contributed by atoms with E-state index in [1.54, 1.807) is 46.1 Å². The molecule has 2 amide bonds. The Bertz CT molecular complexity index is 672. The molecule has 2 atom stereocenters. The van der Waals surface area contributed by atoms with Crippen LogP contribution in [0.2, 0.25) is 0 Å². The van der Waals surface area contributed by atoms with Crippen molar-refractivity contribution in [3.05, 3.63) is 42.0 Å². The molecule has 1 aliphatic heterocycles. The average Bonchev–Trinajstić information content (AvgIpc) is 2.92. The highest BCUT2D eigenvalue weighted by atomic mass is 16.6. The molecule has 0 radical (unpaired) electrons. The molecule has 0 unspecified atom stereocenters. The van der Waals surface area contributed by atoms with Crippen LogP contribution in [0.1, 0.15) is 38.7 Å². The molecular formula is C19H23NO5. The molecule has 0 saturated carbocycles. The lowest BCUT2D eigenvalue weighted by atomic mass is 9.89. The van der Waals surface area contributed by atoms with E-state index in [-0.39, 0.29) is 12.3 Å². The van der Waals surface area contributed by atoms with Gasteiger partial charge in [-0.25, -0.2) is 9.69 Å². The predicted molar refractivity (Wildman–Crippen MR) is 92.4 cm³/mol. The number of imide groups is 1. The number of methoxy groups -OCH3 is 1. The first-order valence-electron chi connectivity index (χ1n) is 8.09. The van der Waals surface area contributed by atoms with Gasteiger partial charge in [0.1, 0.15) is 17.6 Å². The molecule has 0 N–H and O–H groups in total. The maximum absolute atomic E-state index is 12.5. The van der Waals surface area contributed by atoms with Crippen LogP contribution in [0.3, 0.4) is 0 Å². The number of benzene rings is 1. The van der Waals surface area contributed by atoms with E-state index < -0.39 is 23.6 Å². The monoisotopic (exact) mass is 345 g/mol. The van der Waals surface area contributed by atoms with Gasteiger partial charge in [-0.2, -0.15) is 0 Å². The van der Waals surface area contributed by atoms with Crippen molar-refractivity contribution in [3.63, 3.8) is 0 Å². The third kappa shape index (κ3) is 4.47. The van der Waals surface area contributed by atoms with Gasteiger partial charge in [-0.3, -0.25) is 4.79 Å². The number of carbonyl (C=O) groups excluding carboxylic acids is 3. The van der Waals surface area contributed by atoms with Gasteiger partial charge in [0, 0.05) is 18.4 Å². The zero-order valence-electron chi connectivity index (χ0n) is 14.9.